The van der Waals surface area contributed by atoms with Crippen molar-refractivity contribution in [1.82, 2.24) is 25.3 Å². The van der Waals surface area contributed by atoms with Crippen LogP contribution in [0.3, 0.4) is 0 Å². The first kappa shape index (κ1) is 18.6. The lowest BCUT2D eigenvalue weighted by Crippen LogP contribution is -2.38. The van der Waals surface area contributed by atoms with Gasteiger partial charge in [0.05, 0.1) is 6.54 Å². The third kappa shape index (κ3) is 4.39. The molecule has 3 heterocycles. The van der Waals surface area contributed by atoms with Gasteiger partial charge in [0.15, 0.2) is 0 Å². The van der Waals surface area contributed by atoms with Crippen LogP contribution in [0.25, 0.3) is 11.5 Å². The number of piperidine rings is 1. The number of likely N-dealkylation sites (tertiary alicyclic amines) is 1. The highest BCUT2D eigenvalue weighted by Gasteiger charge is 2.26. The zero-order valence-corrected chi connectivity index (χ0v) is 16.1. The highest BCUT2D eigenvalue weighted by atomic mass is 32.1. The second-order valence-corrected chi connectivity index (χ2v) is 7.86. The van der Waals surface area contributed by atoms with E-state index in [4.69, 9.17) is 4.42 Å². The average Bonchev–Trinajstić information content (AvgIpc) is 3.32. The Labute approximate surface area is 164 Å². The number of hydrogen-bond acceptors (Lipinski definition) is 8. The summed E-state index contributed by atoms with van der Waals surface area (Å²) in [6, 6.07) is 5.97. The van der Waals surface area contributed by atoms with E-state index in [1.54, 1.807) is 12.1 Å². The molecule has 1 aliphatic rings. The minimum absolute atomic E-state index is 0.0917. The Hall–Kier alpha value is -2.72. The SMILES string of the molecule is Cc1nnc(NC(=O)CN2CCC(c3nnc(-c4ccc(F)cc4)o3)CC2)s1. The van der Waals surface area contributed by atoms with Gasteiger partial charge in [0, 0.05) is 11.5 Å². The van der Waals surface area contributed by atoms with Gasteiger partial charge in [-0.2, -0.15) is 0 Å². The number of carbonyl (C=O) groups excluding carboxylic acids is 1. The van der Waals surface area contributed by atoms with Gasteiger partial charge in [0.1, 0.15) is 10.8 Å². The number of benzene rings is 1. The molecule has 0 bridgehead atoms. The van der Waals surface area contributed by atoms with Crippen LogP contribution in [0.4, 0.5) is 9.52 Å². The third-order valence-corrected chi connectivity index (χ3v) is 5.36. The quantitative estimate of drug-likeness (QED) is 0.701. The lowest BCUT2D eigenvalue weighted by molar-refractivity contribution is -0.117. The molecule has 4 rings (SSSR count). The summed E-state index contributed by atoms with van der Waals surface area (Å²) in [7, 11) is 0. The van der Waals surface area contributed by atoms with Crippen molar-refractivity contribution in [1.29, 1.82) is 0 Å². The van der Waals surface area contributed by atoms with Gasteiger partial charge in [-0.3, -0.25) is 15.0 Å². The van der Waals surface area contributed by atoms with Crippen LogP contribution in [0.5, 0.6) is 0 Å². The van der Waals surface area contributed by atoms with Crippen LogP contribution in [0.1, 0.15) is 29.7 Å². The first-order valence-corrected chi connectivity index (χ1v) is 9.80. The molecule has 10 heteroatoms. The number of aryl methyl sites for hydroxylation is 1. The molecule has 146 valence electrons. The van der Waals surface area contributed by atoms with E-state index in [0.717, 1.165) is 30.9 Å². The Morgan fingerprint density at radius 1 is 1.21 bits per heavy atom. The zero-order valence-electron chi connectivity index (χ0n) is 15.3. The fourth-order valence-electron chi connectivity index (χ4n) is 3.16. The Bertz CT molecular complexity index is 949. The molecule has 0 atom stereocenters. The molecular weight excluding hydrogens is 383 g/mol. The monoisotopic (exact) mass is 402 g/mol. The van der Waals surface area contributed by atoms with Gasteiger partial charge in [0.25, 0.3) is 0 Å². The van der Waals surface area contributed by atoms with Crippen molar-refractivity contribution in [3.8, 4) is 11.5 Å². The van der Waals surface area contributed by atoms with E-state index in [1.165, 1.54) is 23.5 Å². The molecule has 1 amide bonds. The van der Waals surface area contributed by atoms with Crippen LogP contribution >= 0.6 is 11.3 Å². The summed E-state index contributed by atoms with van der Waals surface area (Å²) >= 11 is 1.36. The van der Waals surface area contributed by atoms with Crippen LogP contribution in [-0.2, 0) is 4.79 Å². The van der Waals surface area contributed by atoms with E-state index in [9.17, 15) is 9.18 Å². The van der Waals surface area contributed by atoms with Crippen molar-refractivity contribution in [2.24, 2.45) is 0 Å². The van der Waals surface area contributed by atoms with Crippen molar-refractivity contribution in [2.45, 2.75) is 25.7 Å². The number of amides is 1. The molecule has 0 radical (unpaired) electrons. The van der Waals surface area contributed by atoms with E-state index in [1.807, 2.05) is 6.92 Å². The molecular formula is C18H19FN6O2S. The Balaban J connectivity index is 1.29. The Morgan fingerprint density at radius 2 is 1.96 bits per heavy atom. The maximum atomic E-state index is 13.0. The number of rotatable bonds is 5. The first-order valence-electron chi connectivity index (χ1n) is 8.98. The van der Waals surface area contributed by atoms with E-state index in [0.29, 0.717) is 29.0 Å². The predicted octanol–water partition coefficient (Wildman–Crippen LogP) is 2.85. The average molecular weight is 402 g/mol. The molecule has 0 aliphatic carbocycles. The highest BCUT2D eigenvalue weighted by Crippen LogP contribution is 2.29. The smallest absolute Gasteiger partial charge is 0.247 e. The minimum atomic E-state index is -0.304. The van der Waals surface area contributed by atoms with Gasteiger partial charge in [-0.1, -0.05) is 11.3 Å². The van der Waals surface area contributed by atoms with Crippen molar-refractivity contribution < 1.29 is 13.6 Å². The van der Waals surface area contributed by atoms with E-state index in [2.05, 4.69) is 30.6 Å². The zero-order chi connectivity index (χ0) is 19.5. The number of nitrogens with zero attached hydrogens (tertiary/aromatic N) is 5. The Kier molecular flexibility index (Phi) is 5.40. The van der Waals surface area contributed by atoms with Gasteiger partial charge < -0.3 is 4.42 Å². The van der Waals surface area contributed by atoms with Crippen LogP contribution in [0, 0.1) is 12.7 Å². The summed E-state index contributed by atoms with van der Waals surface area (Å²) < 4.78 is 18.8. The second-order valence-electron chi connectivity index (χ2n) is 6.68. The van der Waals surface area contributed by atoms with Crippen LogP contribution in [0.15, 0.2) is 28.7 Å². The summed E-state index contributed by atoms with van der Waals surface area (Å²) in [6.45, 7) is 3.69. The largest absolute Gasteiger partial charge is 0.420 e. The molecule has 1 N–H and O–H groups in total. The van der Waals surface area contributed by atoms with Gasteiger partial charge in [-0.15, -0.1) is 20.4 Å². The highest BCUT2D eigenvalue weighted by molar-refractivity contribution is 7.15. The summed E-state index contributed by atoms with van der Waals surface area (Å²) in [6.07, 6.45) is 1.66. The number of aromatic nitrogens is 4. The molecule has 0 saturated carbocycles. The van der Waals surface area contributed by atoms with Gasteiger partial charge in [-0.25, -0.2) is 4.39 Å². The molecule has 28 heavy (non-hydrogen) atoms. The van der Waals surface area contributed by atoms with Gasteiger partial charge in [-0.05, 0) is 57.1 Å². The normalized spacial score (nSPS) is 15.6. The summed E-state index contributed by atoms with van der Waals surface area (Å²) in [5, 5.41) is 20.1. The molecule has 3 aromatic rings. The summed E-state index contributed by atoms with van der Waals surface area (Å²) in [5.41, 5.74) is 0.696. The maximum Gasteiger partial charge on any atom is 0.247 e. The van der Waals surface area contributed by atoms with E-state index < -0.39 is 0 Å². The fourth-order valence-corrected chi connectivity index (χ4v) is 3.76. The third-order valence-electron chi connectivity index (χ3n) is 4.61. The first-order chi connectivity index (χ1) is 13.6. The fraction of sp³-hybridized carbons (Fsp3) is 0.389. The number of anilines is 1. The van der Waals surface area contributed by atoms with Crippen molar-refractivity contribution in [3.05, 3.63) is 41.0 Å². The van der Waals surface area contributed by atoms with Crippen LogP contribution in [-0.4, -0.2) is 50.8 Å². The maximum absolute atomic E-state index is 13.0. The van der Waals surface area contributed by atoms with E-state index >= 15 is 0 Å². The predicted molar refractivity (Wildman–Crippen MR) is 101 cm³/mol. The molecule has 1 saturated heterocycles. The molecule has 1 fully saturated rings. The van der Waals surface area contributed by atoms with Crippen LogP contribution in [0.2, 0.25) is 0 Å². The summed E-state index contributed by atoms with van der Waals surface area (Å²) in [4.78, 5) is 14.2. The van der Waals surface area contributed by atoms with Crippen molar-refractivity contribution in [2.75, 3.05) is 25.0 Å². The number of hydrogen-bond donors (Lipinski definition) is 1. The molecule has 2 aromatic heterocycles. The standard InChI is InChI=1S/C18H19FN6O2S/c1-11-21-24-18(28-11)20-15(26)10-25-8-6-13(7-9-25)17-23-22-16(27-17)12-2-4-14(19)5-3-12/h2-5,13H,6-10H2,1H3,(H,20,24,26). The van der Waals surface area contributed by atoms with Crippen LogP contribution < -0.4 is 5.32 Å². The van der Waals surface area contributed by atoms with Crippen molar-refractivity contribution in [3.63, 3.8) is 0 Å². The second kappa shape index (κ2) is 8.11. The minimum Gasteiger partial charge on any atom is -0.420 e. The van der Waals surface area contributed by atoms with Gasteiger partial charge in [0.2, 0.25) is 22.8 Å². The summed E-state index contributed by atoms with van der Waals surface area (Å²) in [5.74, 6) is 0.746. The van der Waals surface area contributed by atoms with Gasteiger partial charge >= 0.3 is 0 Å². The number of halogens is 1. The molecule has 1 aromatic carbocycles. The molecule has 0 spiro atoms. The molecule has 8 nitrogen and oxygen atoms in total. The number of carbonyl (C=O) groups is 1. The lowest BCUT2D eigenvalue weighted by atomic mass is 9.97. The Morgan fingerprint density at radius 3 is 2.64 bits per heavy atom. The molecule has 1 aliphatic heterocycles. The van der Waals surface area contributed by atoms with Crippen molar-refractivity contribution >= 4 is 22.4 Å². The molecule has 0 unspecified atom stereocenters. The van der Waals surface area contributed by atoms with E-state index in [-0.39, 0.29) is 17.6 Å². The lowest BCUT2D eigenvalue weighted by Gasteiger charge is -2.29. The topological polar surface area (TPSA) is 97.0 Å². The number of nitrogens with one attached hydrogen (secondary N) is 1.